The molecule has 2 aromatic rings. The Morgan fingerprint density at radius 3 is 2.80 bits per heavy atom. The van der Waals surface area contributed by atoms with Crippen LogP contribution in [0.25, 0.3) is 0 Å². The molecule has 3 rings (SSSR count). The predicted molar refractivity (Wildman–Crippen MR) is 97.5 cm³/mol. The van der Waals surface area contributed by atoms with Crippen LogP contribution in [0.5, 0.6) is 5.75 Å². The lowest BCUT2D eigenvalue weighted by molar-refractivity contribution is 0.0339. The van der Waals surface area contributed by atoms with Crippen LogP contribution in [0.1, 0.15) is 23.7 Å². The summed E-state index contributed by atoms with van der Waals surface area (Å²) in [6, 6.07) is 8.52. The molecule has 2 heterocycles. The zero-order chi connectivity index (χ0) is 17.5. The minimum atomic E-state index is 0.814. The Kier molecular flexibility index (Phi) is 6.44. The van der Waals surface area contributed by atoms with E-state index >= 15 is 0 Å². The molecule has 1 aliphatic heterocycles. The van der Waals surface area contributed by atoms with Gasteiger partial charge in [0.1, 0.15) is 5.75 Å². The summed E-state index contributed by atoms with van der Waals surface area (Å²) in [6.45, 7) is 9.15. The van der Waals surface area contributed by atoms with Gasteiger partial charge >= 0.3 is 0 Å². The molecule has 0 saturated carbocycles. The van der Waals surface area contributed by atoms with E-state index in [1.54, 1.807) is 7.11 Å². The standard InChI is InChI=1S/C19H28N4O2/c1-3-23-18(6-7-21-23)14-20-13-16-4-5-19(24-2)17(12-16)15-22-8-10-25-11-9-22/h4-7,12,20H,3,8-11,13-15H2,1-2H3. The first-order chi connectivity index (χ1) is 12.3. The molecule has 25 heavy (non-hydrogen) atoms. The second-order valence-electron chi connectivity index (χ2n) is 6.28. The Bertz CT molecular complexity index is 665. The molecule has 6 nitrogen and oxygen atoms in total. The second kappa shape index (κ2) is 8.99. The Balaban J connectivity index is 1.60. The van der Waals surface area contributed by atoms with Crippen LogP contribution in [0.2, 0.25) is 0 Å². The fourth-order valence-electron chi connectivity index (χ4n) is 3.20. The fraction of sp³-hybridized carbons (Fsp3) is 0.526. The van der Waals surface area contributed by atoms with Crippen LogP contribution in [0.4, 0.5) is 0 Å². The molecular weight excluding hydrogens is 316 g/mol. The quantitative estimate of drug-likeness (QED) is 0.794. The van der Waals surface area contributed by atoms with Crippen molar-refractivity contribution in [3.63, 3.8) is 0 Å². The summed E-state index contributed by atoms with van der Waals surface area (Å²) >= 11 is 0. The average molecular weight is 344 g/mol. The van der Waals surface area contributed by atoms with Crippen LogP contribution < -0.4 is 10.1 Å². The summed E-state index contributed by atoms with van der Waals surface area (Å²) in [5.74, 6) is 0.958. The Hall–Kier alpha value is -1.89. The predicted octanol–water partition coefficient (Wildman–Crippen LogP) is 2.03. The summed E-state index contributed by atoms with van der Waals surface area (Å²) in [6.07, 6.45) is 1.86. The van der Waals surface area contributed by atoms with Gasteiger partial charge in [0.25, 0.3) is 0 Å². The van der Waals surface area contributed by atoms with Crippen molar-refractivity contribution in [3.05, 3.63) is 47.3 Å². The Morgan fingerprint density at radius 1 is 1.20 bits per heavy atom. The number of nitrogens with one attached hydrogen (secondary N) is 1. The van der Waals surface area contributed by atoms with Crippen molar-refractivity contribution in [3.8, 4) is 5.75 Å². The van der Waals surface area contributed by atoms with Crippen LogP contribution in [0.3, 0.4) is 0 Å². The van der Waals surface area contributed by atoms with E-state index in [1.165, 1.54) is 16.8 Å². The number of methoxy groups -OCH3 is 1. The monoisotopic (exact) mass is 344 g/mol. The van der Waals surface area contributed by atoms with E-state index in [-0.39, 0.29) is 0 Å². The molecule has 0 radical (unpaired) electrons. The molecule has 1 aliphatic rings. The summed E-state index contributed by atoms with van der Waals surface area (Å²) < 4.78 is 13.0. The van der Waals surface area contributed by atoms with Crippen molar-refractivity contribution in [2.75, 3.05) is 33.4 Å². The number of hydrogen-bond donors (Lipinski definition) is 1. The maximum Gasteiger partial charge on any atom is 0.123 e. The zero-order valence-corrected chi connectivity index (χ0v) is 15.2. The van der Waals surface area contributed by atoms with Gasteiger partial charge in [-0.05, 0) is 30.7 Å². The number of nitrogens with zero attached hydrogens (tertiary/aromatic N) is 3. The third kappa shape index (κ3) is 4.81. The zero-order valence-electron chi connectivity index (χ0n) is 15.2. The first-order valence-corrected chi connectivity index (χ1v) is 8.97. The molecule has 0 amide bonds. The number of aryl methyl sites for hydroxylation is 1. The van der Waals surface area contributed by atoms with Gasteiger partial charge in [-0.3, -0.25) is 9.58 Å². The highest BCUT2D eigenvalue weighted by Gasteiger charge is 2.14. The van der Waals surface area contributed by atoms with Gasteiger partial charge in [0.2, 0.25) is 0 Å². The van der Waals surface area contributed by atoms with Gasteiger partial charge in [0.05, 0.1) is 26.0 Å². The third-order valence-corrected chi connectivity index (χ3v) is 4.58. The molecule has 1 aromatic heterocycles. The van der Waals surface area contributed by atoms with E-state index in [0.29, 0.717) is 0 Å². The topological polar surface area (TPSA) is 51.5 Å². The molecule has 1 aromatic carbocycles. The van der Waals surface area contributed by atoms with Gasteiger partial charge in [0.15, 0.2) is 0 Å². The van der Waals surface area contributed by atoms with Gasteiger partial charge < -0.3 is 14.8 Å². The summed E-state index contributed by atoms with van der Waals surface area (Å²) in [5.41, 5.74) is 3.72. The van der Waals surface area contributed by atoms with E-state index in [2.05, 4.69) is 46.5 Å². The number of rotatable bonds is 8. The molecular formula is C19H28N4O2. The van der Waals surface area contributed by atoms with Gasteiger partial charge in [-0.15, -0.1) is 0 Å². The van der Waals surface area contributed by atoms with E-state index < -0.39 is 0 Å². The van der Waals surface area contributed by atoms with Gasteiger partial charge in [-0.1, -0.05) is 6.07 Å². The third-order valence-electron chi connectivity index (χ3n) is 4.58. The maximum atomic E-state index is 5.55. The first-order valence-electron chi connectivity index (χ1n) is 8.97. The average Bonchev–Trinajstić information content (AvgIpc) is 3.10. The van der Waals surface area contributed by atoms with Crippen molar-refractivity contribution < 1.29 is 9.47 Å². The normalized spacial score (nSPS) is 15.4. The Labute approximate surface area is 149 Å². The maximum absolute atomic E-state index is 5.55. The molecule has 1 saturated heterocycles. The van der Waals surface area contributed by atoms with Gasteiger partial charge in [0, 0.05) is 51.0 Å². The van der Waals surface area contributed by atoms with Crippen LogP contribution in [-0.4, -0.2) is 48.1 Å². The molecule has 1 N–H and O–H groups in total. The van der Waals surface area contributed by atoms with Crippen LogP contribution in [0.15, 0.2) is 30.5 Å². The van der Waals surface area contributed by atoms with E-state index in [0.717, 1.165) is 58.2 Å². The van der Waals surface area contributed by atoms with E-state index in [9.17, 15) is 0 Å². The molecule has 0 spiro atoms. The lowest BCUT2D eigenvalue weighted by Crippen LogP contribution is -2.35. The first kappa shape index (κ1) is 17.9. The minimum absolute atomic E-state index is 0.814. The smallest absolute Gasteiger partial charge is 0.123 e. The number of benzene rings is 1. The van der Waals surface area contributed by atoms with E-state index in [4.69, 9.17) is 9.47 Å². The van der Waals surface area contributed by atoms with Crippen molar-refractivity contribution in [1.82, 2.24) is 20.0 Å². The molecule has 0 bridgehead atoms. The van der Waals surface area contributed by atoms with Crippen LogP contribution >= 0.6 is 0 Å². The minimum Gasteiger partial charge on any atom is -0.496 e. The highest BCUT2D eigenvalue weighted by Crippen LogP contribution is 2.22. The highest BCUT2D eigenvalue weighted by atomic mass is 16.5. The number of hydrogen-bond acceptors (Lipinski definition) is 5. The molecule has 136 valence electrons. The molecule has 6 heteroatoms. The summed E-state index contributed by atoms with van der Waals surface area (Å²) in [4.78, 5) is 2.42. The summed E-state index contributed by atoms with van der Waals surface area (Å²) in [5, 5.41) is 7.82. The highest BCUT2D eigenvalue weighted by molar-refractivity contribution is 5.37. The second-order valence-corrected chi connectivity index (χ2v) is 6.28. The largest absolute Gasteiger partial charge is 0.496 e. The van der Waals surface area contributed by atoms with Crippen molar-refractivity contribution in [2.45, 2.75) is 33.1 Å². The van der Waals surface area contributed by atoms with Gasteiger partial charge in [-0.2, -0.15) is 5.10 Å². The van der Waals surface area contributed by atoms with E-state index in [1.807, 2.05) is 10.9 Å². The number of morpholine rings is 1. The SMILES string of the molecule is CCn1nccc1CNCc1ccc(OC)c(CN2CCOCC2)c1. The molecule has 0 atom stereocenters. The van der Waals surface area contributed by atoms with Crippen molar-refractivity contribution in [1.29, 1.82) is 0 Å². The summed E-state index contributed by atoms with van der Waals surface area (Å²) in [7, 11) is 1.74. The van der Waals surface area contributed by atoms with Gasteiger partial charge in [-0.25, -0.2) is 0 Å². The Morgan fingerprint density at radius 2 is 2.04 bits per heavy atom. The van der Waals surface area contributed by atoms with Crippen LogP contribution in [-0.2, 0) is 30.9 Å². The lowest BCUT2D eigenvalue weighted by Gasteiger charge is -2.27. The lowest BCUT2D eigenvalue weighted by atomic mass is 10.1. The molecule has 1 fully saturated rings. The molecule has 0 unspecified atom stereocenters. The number of ether oxygens (including phenoxy) is 2. The van der Waals surface area contributed by atoms with Crippen molar-refractivity contribution in [2.24, 2.45) is 0 Å². The number of aromatic nitrogens is 2. The van der Waals surface area contributed by atoms with Crippen LogP contribution in [0, 0.1) is 0 Å². The van der Waals surface area contributed by atoms with Crippen molar-refractivity contribution >= 4 is 0 Å². The fourth-order valence-corrected chi connectivity index (χ4v) is 3.20. The molecule has 0 aliphatic carbocycles.